The van der Waals surface area contributed by atoms with Gasteiger partial charge in [0.25, 0.3) is 5.91 Å². The molecule has 0 aliphatic carbocycles. The Morgan fingerprint density at radius 1 is 0.724 bits per heavy atom. The van der Waals surface area contributed by atoms with Crippen LogP contribution in [0.5, 0.6) is 0 Å². The molecule has 29 heavy (non-hydrogen) atoms. The molecule has 144 valence electrons. The number of quaternary nitrogens is 1. The lowest BCUT2D eigenvalue weighted by Crippen LogP contribution is -2.92. The van der Waals surface area contributed by atoms with Crippen molar-refractivity contribution in [1.29, 1.82) is 0 Å². The predicted octanol–water partition coefficient (Wildman–Crippen LogP) is 4.52. The van der Waals surface area contributed by atoms with E-state index in [0.29, 0.717) is 0 Å². The summed E-state index contributed by atoms with van der Waals surface area (Å²) < 4.78 is 0. The molecule has 0 aliphatic heterocycles. The summed E-state index contributed by atoms with van der Waals surface area (Å²) in [5.41, 5.74) is 3.22. The number of nitrogens with two attached hydrogens (primary N) is 1. The second kappa shape index (κ2) is 8.72. The zero-order valence-corrected chi connectivity index (χ0v) is 16.5. The molecule has 3 nitrogen and oxygen atoms in total. The number of carbonyl (C=O) groups excluding carboxylic acids is 1. The molecule has 0 spiro atoms. The highest BCUT2D eigenvalue weighted by atomic mass is 16.2. The molecule has 1 atom stereocenters. The molecule has 4 aromatic carbocycles. The van der Waals surface area contributed by atoms with Crippen molar-refractivity contribution in [3.8, 4) is 0 Å². The van der Waals surface area contributed by atoms with Gasteiger partial charge in [0, 0.05) is 22.2 Å². The number of anilines is 1. The molecule has 0 saturated carbocycles. The topological polar surface area (TPSA) is 45.7 Å². The van der Waals surface area contributed by atoms with Crippen LogP contribution in [0, 0.1) is 0 Å². The highest BCUT2D eigenvalue weighted by Crippen LogP contribution is 2.23. The lowest BCUT2D eigenvalue weighted by atomic mass is 9.98. The van der Waals surface area contributed by atoms with Gasteiger partial charge in [-0.1, -0.05) is 97.1 Å². The minimum Gasteiger partial charge on any atom is -0.326 e. The molecule has 0 aliphatic rings. The van der Waals surface area contributed by atoms with Crippen LogP contribution in [0.4, 0.5) is 5.69 Å². The lowest BCUT2D eigenvalue weighted by molar-refractivity contribution is -0.704. The average Bonchev–Trinajstić information content (AvgIpc) is 2.78. The largest absolute Gasteiger partial charge is 0.326 e. The number of carbonyl (C=O) groups is 1. The molecule has 0 heterocycles. The summed E-state index contributed by atoms with van der Waals surface area (Å²) in [5.74, 6) is -0.00165. The Kier molecular flexibility index (Phi) is 5.68. The number of hydrogen-bond acceptors (Lipinski definition) is 1. The van der Waals surface area contributed by atoms with Crippen molar-refractivity contribution in [2.24, 2.45) is 0 Å². The summed E-state index contributed by atoms with van der Waals surface area (Å²) in [5, 5.41) is 7.43. The van der Waals surface area contributed by atoms with Crippen molar-refractivity contribution < 1.29 is 10.1 Å². The van der Waals surface area contributed by atoms with Gasteiger partial charge in [-0.3, -0.25) is 4.79 Å². The lowest BCUT2D eigenvalue weighted by Gasteiger charge is -2.21. The first kappa shape index (κ1) is 18.9. The maximum absolute atomic E-state index is 13.0. The number of rotatable bonds is 6. The van der Waals surface area contributed by atoms with E-state index in [4.69, 9.17) is 0 Å². The third-order valence-electron chi connectivity index (χ3n) is 5.26. The number of fused-ring (bicyclic) bond motifs is 1. The van der Waals surface area contributed by atoms with E-state index in [-0.39, 0.29) is 18.0 Å². The van der Waals surface area contributed by atoms with Gasteiger partial charge in [-0.15, -0.1) is 0 Å². The first-order valence-electron chi connectivity index (χ1n) is 9.96. The van der Waals surface area contributed by atoms with E-state index >= 15 is 0 Å². The normalized spacial score (nSPS) is 12.1. The molecule has 0 fully saturated rings. The van der Waals surface area contributed by atoms with Crippen molar-refractivity contribution in [2.75, 3.05) is 5.32 Å². The molecule has 4 aromatic rings. The Labute approximate surface area is 171 Å². The van der Waals surface area contributed by atoms with E-state index in [1.807, 2.05) is 73.7 Å². The highest BCUT2D eigenvalue weighted by molar-refractivity contribution is 6.03. The van der Waals surface area contributed by atoms with Crippen LogP contribution in [-0.2, 0) is 4.79 Å². The summed E-state index contributed by atoms with van der Waals surface area (Å²) in [6.45, 7) is 1.96. The molecular weight excluding hydrogens is 356 g/mol. The van der Waals surface area contributed by atoms with Gasteiger partial charge in [0.1, 0.15) is 6.04 Å². The zero-order chi connectivity index (χ0) is 20.1. The van der Waals surface area contributed by atoms with E-state index in [1.54, 1.807) is 0 Å². The van der Waals surface area contributed by atoms with E-state index in [1.165, 1.54) is 11.1 Å². The van der Waals surface area contributed by atoms with Gasteiger partial charge in [0.05, 0.1) is 0 Å². The molecule has 1 amide bonds. The Hall–Kier alpha value is -3.43. The van der Waals surface area contributed by atoms with Gasteiger partial charge in [-0.25, -0.2) is 0 Å². The molecule has 0 unspecified atom stereocenters. The predicted molar refractivity (Wildman–Crippen MR) is 119 cm³/mol. The summed E-state index contributed by atoms with van der Waals surface area (Å²) in [4.78, 5) is 13.0. The highest BCUT2D eigenvalue weighted by Gasteiger charge is 2.25. The van der Waals surface area contributed by atoms with Gasteiger partial charge in [0.2, 0.25) is 0 Å². The van der Waals surface area contributed by atoms with Crippen molar-refractivity contribution in [2.45, 2.75) is 19.0 Å². The van der Waals surface area contributed by atoms with Crippen molar-refractivity contribution >= 4 is 22.4 Å². The van der Waals surface area contributed by atoms with Gasteiger partial charge < -0.3 is 10.6 Å². The van der Waals surface area contributed by atoms with Gasteiger partial charge >= 0.3 is 0 Å². The molecule has 0 radical (unpaired) electrons. The maximum atomic E-state index is 13.0. The third kappa shape index (κ3) is 4.36. The fraction of sp³-hybridized carbons (Fsp3) is 0.115. The summed E-state index contributed by atoms with van der Waals surface area (Å²) in [6.07, 6.45) is 0. The SMILES string of the molecule is C[C@H]([NH2+]C(c1ccccc1)c1ccccc1)C(=O)Nc1cccc2ccccc12. The quantitative estimate of drug-likeness (QED) is 0.507. The molecule has 4 rings (SSSR count). The molecule has 0 aromatic heterocycles. The smallest absolute Gasteiger partial charge is 0.282 e. The minimum atomic E-state index is -0.251. The Morgan fingerprint density at radius 2 is 1.28 bits per heavy atom. The van der Waals surface area contributed by atoms with Crippen LogP contribution in [0.25, 0.3) is 10.8 Å². The van der Waals surface area contributed by atoms with Gasteiger partial charge in [0.15, 0.2) is 6.04 Å². The first-order valence-corrected chi connectivity index (χ1v) is 9.96. The Bertz CT molecular complexity index is 1050. The van der Waals surface area contributed by atoms with Crippen LogP contribution < -0.4 is 10.6 Å². The Morgan fingerprint density at radius 3 is 1.93 bits per heavy atom. The summed E-state index contributed by atoms with van der Waals surface area (Å²) in [7, 11) is 0. The second-order valence-electron chi connectivity index (χ2n) is 7.30. The van der Waals surface area contributed by atoms with E-state index in [9.17, 15) is 4.79 Å². The van der Waals surface area contributed by atoms with Crippen molar-refractivity contribution in [3.63, 3.8) is 0 Å². The number of hydrogen-bond donors (Lipinski definition) is 2. The monoisotopic (exact) mass is 381 g/mol. The van der Waals surface area contributed by atoms with Crippen LogP contribution in [0.15, 0.2) is 103 Å². The second-order valence-corrected chi connectivity index (χ2v) is 7.30. The Balaban J connectivity index is 1.56. The number of benzene rings is 4. The standard InChI is InChI=1S/C26H24N2O/c1-19(26(29)28-24-18-10-16-20-11-8-9-17-23(20)24)27-25(21-12-4-2-5-13-21)22-14-6-3-7-15-22/h2-19,25,27H,1H3,(H,28,29)/p+1/t19-/m0/s1. The van der Waals surface area contributed by atoms with Crippen LogP contribution >= 0.6 is 0 Å². The molecule has 3 heteroatoms. The molecule has 3 N–H and O–H groups in total. The van der Waals surface area contributed by atoms with E-state index in [2.05, 4.69) is 47.0 Å². The van der Waals surface area contributed by atoms with Crippen molar-refractivity contribution in [1.82, 2.24) is 0 Å². The van der Waals surface area contributed by atoms with Crippen molar-refractivity contribution in [3.05, 3.63) is 114 Å². The zero-order valence-electron chi connectivity index (χ0n) is 16.5. The van der Waals surface area contributed by atoms with Gasteiger partial charge in [-0.2, -0.15) is 0 Å². The third-order valence-corrected chi connectivity index (χ3v) is 5.26. The number of amides is 1. The van der Waals surface area contributed by atoms with E-state index in [0.717, 1.165) is 16.5 Å². The maximum Gasteiger partial charge on any atom is 0.282 e. The molecule has 0 bridgehead atoms. The van der Waals surface area contributed by atoms with E-state index < -0.39 is 0 Å². The van der Waals surface area contributed by atoms with Gasteiger partial charge in [-0.05, 0) is 18.4 Å². The number of nitrogens with one attached hydrogen (secondary N) is 1. The minimum absolute atomic E-state index is 0.00165. The molecular formula is C26H25N2O+. The van der Waals surface area contributed by atoms with Crippen LogP contribution in [0.2, 0.25) is 0 Å². The van der Waals surface area contributed by atoms with Crippen LogP contribution in [0.1, 0.15) is 24.1 Å². The average molecular weight is 381 g/mol. The molecule has 0 saturated heterocycles. The van der Waals surface area contributed by atoms with Crippen LogP contribution in [0.3, 0.4) is 0 Å². The van der Waals surface area contributed by atoms with Crippen LogP contribution in [-0.4, -0.2) is 11.9 Å². The fourth-order valence-corrected chi connectivity index (χ4v) is 3.69. The summed E-state index contributed by atoms with van der Waals surface area (Å²) >= 11 is 0. The first-order chi connectivity index (χ1) is 14.2. The fourth-order valence-electron chi connectivity index (χ4n) is 3.69. The summed E-state index contributed by atoms with van der Waals surface area (Å²) in [6, 6.07) is 34.6.